The lowest BCUT2D eigenvalue weighted by molar-refractivity contribution is -0.117. The summed E-state index contributed by atoms with van der Waals surface area (Å²) < 4.78 is 0. The van der Waals surface area contributed by atoms with Crippen LogP contribution in [-0.4, -0.2) is 5.91 Å². The molecule has 1 saturated carbocycles. The number of hydrogen-bond donors (Lipinski definition) is 1. The summed E-state index contributed by atoms with van der Waals surface area (Å²) in [6, 6.07) is 6.17. The standard InChI is InChI=1S/C22H29NO/c1-16-13-14-18(15-17(16)2)23-22(24)21-19-11-9-7-5-3-4-6-8-10-12-20(19)21/h5-8,13-15,19-21H,3-4,9-12H2,1-2H3,(H,23,24)/t19-,20-,21?/m1/s1. The molecule has 0 unspecified atom stereocenters. The molecule has 128 valence electrons. The Morgan fingerprint density at radius 3 is 2.04 bits per heavy atom. The fraction of sp³-hybridized carbons (Fsp3) is 0.500. The lowest BCUT2D eigenvalue weighted by Gasteiger charge is -2.07. The van der Waals surface area contributed by atoms with Gasteiger partial charge in [0, 0.05) is 11.6 Å². The molecule has 1 N–H and O–H groups in total. The smallest absolute Gasteiger partial charge is 0.228 e. The van der Waals surface area contributed by atoms with E-state index in [4.69, 9.17) is 0 Å². The highest BCUT2D eigenvalue weighted by atomic mass is 16.2. The predicted octanol–water partition coefficient (Wildman–Crippen LogP) is 5.57. The molecule has 0 radical (unpaired) electrons. The molecule has 0 saturated heterocycles. The third-order valence-corrected chi connectivity index (χ3v) is 5.58. The second-order valence-corrected chi connectivity index (χ2v) is 7.32. The van der Waals surface area contributed by atoms with Crippen molar-refractivity contribution < 1.29 is 4.79 Å². The molecular weight excluding hydrogens is 294 g/mol. The van der Waals surface area contributed by atoms with E-state index in [9.17, 15) is 4.79 Å². The Morgan fingerprint density at radius 1 is 0.875 bits per heavy atom. The van der Waals surface area contributed by atoms with Crippen LogP contribution in [0, 0.1) is 31.6 Å². The number of fused-ring (bicyclic) bond motifs is 1. The molecule has 0 spiro atoms. The molecular formula is C22H29NO. The van der Waals surface area contributed by atoms with Crippen LogP contribution in [0.4, 0.5) is 5.69 Å². The summed E-state index contributed by atoms with van der Waals surface area (Å²) in [7, 11) is 0. The Morgan fingerprint density at radius 2 is 1.46 bits per heavy atom. The van der Waals surface area contributed by atoms with Gasteiger partial charge >= 0.3 is 0 Å². The molecule has 2 heteroatoms. The summed E-state index contributed by atoms with van der Waals surface area (Å²) >= 11 is 0. The van der Waals surface area contributed by atoms with Crippen molar-refractivity contribution in [2.45, 2.75) is 52.4 Å². The van der Waals surface area contributed by atoms with E-state index >= 15 is 0 Å². The molecule has 1 fully saturated rings. The molecule has 2 aliphatic carbocycles. The Labute approximate surface area is 146 Å². The summed E-state index contributed by atoms with van der Waals surface area (Å²) in [5, 5.41) is 3.15. The van der Waals surface area contributed by atoms with Crippen molar-refractivity contribution in [1.82, 2.24) is 0 Å². The van der Waals surface area contributed by atoms with Gasteiger partial charge in [-0.1, -0.05) is 30.4 Å². The zero-order valence-electron chi connectivity index (χ0n) is 14.9. The summed E-state index contributed by atoms with van der Waals surface area (Å²) in [4.78, 5) is 12.7. The molecule has 0 aromatic heterocycles. The molecule has 0 heterocycles. The maximum atomic E-state index is 12.7. The lowest BCUT2D eigenvalue weighted by atomic mass is 10.1. The molecule has 1 aromatic rings. The molecule has 24 heavy (non-hydrogen) atoms. The Balaban J connectivity index is 1.62. The second kappa shape index (κ2) is 7.83. The van der Waals surface area contributed by atoms with Crippen molar-refractivity contribution in [3.05, 3.63) is 53.6 Å². The minimum atomic E-state index is 0.203. The quantitative estimate of drug-likeness (QED) is 0.708. The first-order chi connectivity index (χ1) is 11.7. The van der Waals surface area contributed by atoms with Crippen LogP contribution >= 0.6 is 0 Å². The predicted molar refractivity (Wildman–Crippen MR) is 101 cm³/mol. The lowest BCUT2D eigenvalue weighted by Crippen LogP contribution is -2.15. The number of amides is 1. The largest absolute Gasteiger partial charge is 0.326 e. The SMILES string of the molecule is Cc1ccc(NC(=O)C2[C@@H]3CCC=CCCC=CCC[C@@H]23)cc1C. The fourth-order valence-electron chi connectivity index (χ4n) is 3.91. The van der Waals surface area contributed by atoms with Crippen LogP contribution in [0.25, 0.3) is 0 Å². The number of aryl methyl sites for hydroxylation is 2. The summed E-state index contributed by atoms with van der Waals surface area (Å²) in [5.41, 5.74) is 3.43. The van der Waals surface area contributed by atoms with Crippen LogP contribution in [0.15, 0.2) is 42.5 Å². The first-order valence-corrected chi connectivity index (χ1v) is 9.35. The van der Waals surface area contributed by atoms with Crippen LogP contribution in [0.1, 0.15) is 49.7 Å². The Bertz CT molecular complexity index is 619. The average Bonchev–Trinajstić information content (AvgIpc) is 3.23. The van der Waals surface area contributed by atoms with Crippen molar-refractivity contribution >= 4 is 11.6 Å². The zero-order valence-corrected chi connectivity index (χ0v) is 14.9. The number of carbonyl (C=O) groups is 1. The normalized spacial score (nSPS) is 26.8. The maximum absolute atomic E-state index is 12.7. The minimum Gasteiger partial charge on any atom is -0.326 e. The fourth-order valence-corrected chi connectivity index (χ4v) is 3.91. The molecule has 2 nitrogen and oxygen atoms in total. The van der Waals surface area contributed by atoms with Gasteiger partial charge in [0.1, 0.15) is 0 Å². The van der Waals surface area contributed by atoms with Crippen LogP contribution in [0.5, 0.6) is 0 Å². The Hall–Kier alpha value is -1.83. The summed E-state index contributed by atoms with van der Waals surface area (Å²) in [6.45, 7) is 4.19. The minimum absolute atomic E-state index is 0.203. The van der Waals surface area contributed by atoms with Gasteiger partial charge in [0.15, 0.2) is 0 Å². The van der Waals surface area contributed by atoms with Crippen LogP contribution in [0.3, 0.4) is 0 Å². The van der Waals surface area contributed by atoms with E-state index in [0.717, 1.165) is 44.2 Å². The van der Waals surface area contributed by atoms with Gasteiger partial charge in [-0.25, -0.2) is 0 Å². The van der Waals surface area contributed by atoms with Crippen molar-refractivity contribution in [2.75, 3.05) is 5.32 Å². The molecule has 1 aromatic carbocycles. The summed E-state index contributed by atoms with van der Waals surface area (Å²) in [5.74, 6) is 1.55. The number of benzene rings is 1. The summed E-state index contributed by atoms with van der Waals surface area (Å²) in [6.07, 6.45) is 16.0. The van der Waals surface area contributed by atoms with Gasteiger partial charge in [-0.05, 0) is 87.5 Å². The number of carbonyl (C=O) groups excluding carboxylic acids is 1. The highest BCUT2D eigenvalue weighted by molar-refractivity contribution is 5.95. The monoisotopic (exact) mass is 323 g/mol. The topological polar surface area (TPSA) is 29.1 Å². The van der Waals surface area contributed by atoms with Gasteiger partial charge in [-0.2, -0.15) is 0 Å². The molecule has 2 atom stereocenters. The highest BCUT2D eigenvalue weighted by Crippen LogP contribution is 2.52. The van der Waals surface area contributed by atoms with Crippen LogP contribution < -0.4 is 5.32 Å². The van der Waals surface area contributed by atoms with Crippen molar-refractivity contribution in [1.29, 1.82) is 0 Å². The first-order valence-electron chi connectivity index (χ1n) is 9.35. The van der Waals surface area contributed by atoms with Gasteiger partial charge in [-0.3, -0.25) is 4.79 Å². The molecule has 3 rings (SSSR count). The molecule has 0 aliphatic heterocycles. The van der Waals surface area contributed by atoms with Crippen LogP contribution in [-0.2, 0) is 4.79 Å². The number of allylic oxidation sites excluding steroid dienone is 4. The highest BCUT2D eigenvalue weighted by Gasteiger charge is 2.52. The van der Waals surface area contributed by atoms with E-state index in [-0.39, 0.29) is 11.8 Å². The van der Waals surface area contributed by atoms with E-state index < -0.39 is 0 Å². The van der Waals surface area contributed by atoms with Crippen molar-refractivity contribution in [2.24, 2.45) is 17.8 Å². The Kier molecular flexibility index (Phi) is 5.55. The molecule has 0 bridgehead atoms. The van der Waals surface area contributed by atoms with E-state index in [1.807, 2.05) is 6.07 Å². The number of hydrogen-bond acceptors (Lipinski definition) is 1. The second-order valence-electron chi connectivity index (χ2n) is 7.32. The van der Waals surface area contributed by atoms with Gasteiger partial charge in [-0.15, -0.1) is 0 Å². The van der Waals surface area contributed by atoms with Crippen molar-refractivity contribution in [3.8, 4) is 0 Å². The zero-order chi connectivity index (χ0) is 16.9. The molecule has 1 amide bonds. The van der Waals surface area contributed by atoms with Gasteiger partial charge < -0.3 is 5.32 Å². The van der Waals surface area contributed by atoms with E-state index in [1.165, 1.54) is 11.1 Å². The molecule has 2 aliphatic rings. The number of anilines is 1. The first kappa shape index (κ1) is 17.0. The van der Waals surface area contributed by atoms with E-state index in [0.29, 0.717) is 11.8 Å². The maximum Gasteiger partial charge on any atom is 0.228 e. The third-order valence-electron chi connectivity index (χ3n) is 5.58. The third kappa shape index (κ3) is 4.17. The number of nitrogens with one attached hydrogen (secondary N) is 1. The number of rotatable bonds is 2. The van der Waals surface area contributed by atoms with Gasteiger partial charge in [0.2, 0.25) is 5.91 Å². The van der Waals surface area contributed by atoms with Gasteiger partial charge in [0.05, 0.1) is 0 Å². The van der Waals surface area contributed by atoms with Crippen LogP contribution in [0.2, 0.25) is 0 Å². The van der Waals surface area contributed by atoms with E-state index in [2.05, 4.69) is 55.6 Å². The van der Waals surface area contributed by atoms with E-state index in [1.54, 1.807) is 0 Å². The average molecular weight is 323 g/mol. The van der Waals surface area contributed by atoms with Gasteiger partial charge in [0.25, 0.3) is 0 Å². The van der Waals surface area contributed by atoms with Crippen molar-refractivity contribution in [3.63, 3.8) is 0 Å².